The van der Waals surface area contributed by atoms with Crippen LogP contribution in [0.3, 0.4) is 0 Å². The van der Waals surface area contributed by atoms with Crippen molar-refractivity contribution in [3.8, 4) is 0 Å². The van der Waals surface area contributed by atoms with Gasteiger partial charge >= 0.3 is 82.9 Å². The molecule has 0 saturated heterocycles. The van der Waals surface area contributed by atoms with Gasteiger partial charge in [0.2, 0.25) is 0 Å². The predicted molar refractivity (Wildman–Crippen MR) is 48.6 cm³/mol. The Balaban J connectivity index is 2.30. The first-order valence-corrected chi connectivity index (χ1v) is 9.89. The number of rotatable bonds is 2. The van der Waals surface area contributed by atoms with Crippen molar-refractivity contribution < 1.29 is 9.42 Å². The van der Waals surface area contributed by atoms with Crippen LogP contribution in [-0.4, -0.2) is 41.7 Å². The molecule has 2 nitrogen and oxygen atoms in total. The molecule has 0 spiro atoms. The molecular weight excluding hydrogens is 293 g/mol. The average molecular weight is 305 g/mol. The van der Waals surface area contributed by atoms with E-state index in [4.69, 9.17) is 4.52 Å². The van der Waals surface area contributed by atoms with Gasteiger partial charge in [0, 0.05) is 0 Å². The predicted octanol–water partition coefficient (Wildman–Crippen LogP) is 1.34. The van der Waals surface area contributed by atoms with Crippen LogP contribution in [0.4, 0.5) is 0 Å². The van der Waals surface area contributed by atoms with Crippen molar-refractivity contribution in [1.29, 1.82) is 0 Å². The zero-order chi connectivity index (χ0) is 8.32. The molecule has 0 aromatic rings. The van der Waals surface area contributed by atoms with Crippen molar-refractivity contribution >= 4 is 35.3 Å². The SMILES string of the molecule is OP([Se])(=[Se])OC1CCCCC1. The molecule has 0 amide bonds. The fourth-order valence-corrected chi connectivity index (χ4v) is 3.48. The van der Waals surface area contributed by atoms with E-state index in [1.807, 2.05) is 0 Å². The summed E-state index contributed by atoms with van der Waals surface area (Å²) >= 11 is 5.30. The second-order valence-corrected chi connectivity index (χ2v) is 13.7. The quantitative estimate of drug-likeness (QED) is 0.616. The zero-order valence-corrected chi connectivity index (χ0v) is 10.6. The summed E-state index contributed by atoms with van der Waals surface area (Å²) in [7, 11) is 0. The van der Waals surface area contributed by atoms with Gasteiger partial charge in [-0.25, -0.2) is 0 Å². The van der Waals surface area contributed by atoms with E-state index < -0.39 is 4.65 Å². The van der Waals surface area contributed by atoms with E-state index in [-0.39, 0.29) is 6.10 Å². The van der Waals surface area contributed by atoms with Gasteiger partial charge in [-0.05, 0) is 0 Å². The van der Waals surface area contributed by atoms with E-state index in [0.717, 1.165) is 12.8 Å². The standard InChI is InChI=1S/C6H12O2PSe2/c7-9(10,11)8-6-4-2-1-3-5-6/h6H,1-5H2,(H,7,10). The molecule has 11 heavy (non-hydrogen) atoms. The van der Waals surface area contributed by atoms with E-state index in [1.165, 1.54) is 19.3 Å². The van der Waals surface area contributed by atoms with Crippen molar-refractivity contribution in [3.05, 3.63) is 0 Å². The summed E-state index contributed by atoms with van der Waals surface area (Å²) in [5.41, 5.74) is 0. The Kier molecular flexibility index (Phi) is 4.36. The van der Waals surface area contributed by atoms with Gasteiger partial charge in [-0.15, -0.1) is 0 Å². The van der Waals surface area contributed by atoms with Gasteiger partial charge < -0.3 is 0 Å². The van der Waals surface area contributed by atoms with Crippen molar-refractivity contribution in [2.45, 2.75) is 38.2 Å². The first kappa shape index (κ1) is 10.5. The Bertz CT molecular complexity index is 162. The van der Waals surface area contributed by atoms with Gasteiger partial charge in [-0.2, -0.15) is 0 Å². The fourth-order valence-electron chi connectivity index (χ4n) is 1.36. The minimum atomic E-state index is -2.23. The van der Waals surface area contributed by atoms with Crippen LogP contribution in [0.1, 0.15) is 32.1 Å². The Hall–Kier alpha value is 1.39. The Morgan fingerprint density at radius 3 is 2.27 bits per heavy atom. The van der Waals surface area contributed by atoms with Crippen molar-refractivity contribution in [1.82, 2.24) is 0 Å². The maximum absolute atomic E-state index is 9.35. The third-order valence-corrected chi connectivity index (χ3v) is 3.48. The Morgan fingerprint density at radius 1 is 1.27 bits per heavy atom. The van der Waals surface area contributed by atoms with Gasteiger partial charge in [0.05, 0.1) is 0 Å². The van der Waals surface area contributed by atoms with E-state index in [0.29, 0.717) is 0 Å². The summed E-state index contributed by atoms with van der Waals surface area (Å²) < 4.78 is 3.20. The molecule has 0 heterocycles. The zero-order valence-electron chi connectivity index (χ0n) is 6.23. The molecule has 1 unspecified atom stereocenters. The molecule has 1 saturated carbocycles. The van der Waals surface area contributed by atoms with Crippen LogP contribution in [0.2, 0.25) is 0 Å². The van der Waals surface area contributed by atoms with Gasteiger partial charge in [0.25, 0.3) is 0 Å². The Morgan fingerprint density at radius 2 is 1.82 bits per heavy atom. The Labute approximate surface area is 82.9 Å². The van der Waals surface area contributed by atoms with Crippen LogP contribution in [0, 0.1) is 0 Å². The fraction of sp³-hybridized carbons (Fsp3) is 1.00. The molecule has 0 aromatic carbocycles. The molecule has 1 atom stereocenters. The second-order valence-electron chi connectivity index (χ2n) is 2.83. The van der Waals surface area contributed by atoms with Gasteiger partial charge in [0.1, 0.15) is 0 Å². The summed E-state index contributed by atoms with van der Waals surface area (Å²) in [6.45, 7) is 0. The van der Waals surface area contributed by atoms with Crippen LogP contribution >= 0.6 is 4.65 Å². The van der Waals surface area contributed by atoms with Crippen LogP contribution in [0.15, 0.2) is 0 Å². The molecule has 1 aliphatic carbocycles. The summed E-state index contributed by atoms with van der Waals surface area (Å²) in [5, 5.41) is 0. The third kappa shape index (κ3) is 4.85. The average Bonchev–Trinajstić information content (AvgIpc) is 1.85. The molecule has 5 heteroatoms. The number of hydrogen-bond donors (Lipinski definition) is 1. The molecule has 0 bridgehead atoms. The summed E-state index contributed by atoms with van der Waals surface area (Å²) in [5.74, 6) is 0. The van der Waals surface area contributed by atoms with E-state index >= 15 is 0 Å². The van der Waals surface area contributed by atoms with Crippen LogP contribution < -0.4 is 0 Å². The molecule has 1 radical (unpaired) electrons. The first-order valence-electron chi connectivity index (χ1n) is 3.80. The number of hydrogen-bond acceptors (Lipinski definition) is 2. The van der Waals surface area contributed by atoms with Crippen molar-refractivity contribution in [2.24, 2.45) is 0 Å². The molecule has 1 aliphatic rings. The molecular formula is C6H12O2PSe2. The van der Waals surface area contributed by atoms with E-state index in [9.17, 15) is 4.89 Å². The maximum atomic E-state index is 9.35. The van der Waals surface area contributed by atoms with Gasteiger partial charge in [0.15, 0.2) is 0 Å². The molecule has 0 aliphatic heterocycles. The molecule has 0 aromatic heterocycles. The first-order chi connectivity index (χ1) is 5.08. The summed E-state index contributed by atoms with van der Waals surface area (Å²) in [6, 6.07) is 0. The summed E-state index contributed by atoms with van der Waals surface area (Å²) in [6.07, 6.45) is 6.29. The monoisotopic (exact) mass is 307 g/mol. The van der Waals surface area contributed by atoms with E-state index in [1.54, 1.807) is 0 Å². The molecule has 65 valence electrons. The van der Waals surface area contributed by atoms with Crippen molar-refractivity contribution in [2.75, 3.05) is 0 Å². The molecule has 1 N–H and O–H groups in total. The molecule has 1 fully saturated rings. The topological polar surface area (TPSA) is 29.5 Å². The van der Waals surface area contributed by atoms with Gasteiger partial charge in [-0.3, -0.25) is 0 Å². The summed E-state index contributed by atoms with van der Waals surface area (Å²) in [4.78, 5) is 9.35. The van der Waals surface area contributed by atoms with Crippen LogP contribution in [-0.2, 0) is 4.52 Å². The van der Waals surface area contributed by atoms with Gasteiger partial charge in [-0.1, -0.05) is 0 Å². The third-order valence-electron chi connectivity index (χ3n) is 1.83. The van der Waals surface area contributed by atoms with Crippen LogP contribution in [0.5, 0.6) is 0 Å². The normalized spacial score (nSPS) is 26.4. The van der Waals surface area contributed by atoms with Crippen LogP contribution in [0.25, 0.3) is 0 Å². The minimum absolute atomic E-state index is 0.282. The van der Waals surface area contributed by atoms with Crippen molar-refractivity contribution in [3.63, 3.8) is 0 Å². The van der Waals surface area contributed by atoms with E-state index in [2.05, 4.69) is 30.7 Å². The molecule has 1 rings (SSSR count). The second kappa shape index (κ2) is 4.58.